The molecule has 10 heteroatoms. The number of nitrogens with one attached hydrogen (secondary N) is 1. The van der Waals surface area contributed by atoms with E-state index >= 15 is 0 Å². The molecule has 0 aliphatic carbocycles. The summed E-state index contributed by atoms with van der Waals surface area (Å²) in [6.07, 6.45) is 0.365. The van der Waals surface area contributed by atoms with Gasteiger partial charge >= 0.3 is 5.97 Å². The molecule has 1 aromatic carbocycles. The molecular formula is C19H19N5O4S. The average molecular weight is 413 g/mol. The van der Waals surface area contributed by atoms with Crippen LogP contribution in [0.25, 0.3) is 11.4 Å². The van der Waals surface area contributed by atoms with E-state index in [0.29, 0.717) is 12.2 Å². The maximum atomic E-state index is 12.1. The van der Waals surface area contributed by atoms with Crippen LogP contribution >= 0.6 is 11.3 Å². The second kappa shape index (κ2) is 9.69. The molecule has 1 atom stereocenters. The minimum absolute atomic E-state index is 0.179. The highest BCUT2D eigenvalue weighted by molar-refractivity contribution is 7.08. The van der Waals surface area contributed by atoms with Gasteiger partial charge in [-0.25, -0.2) is 4.79 Å². The fraction of sp³-hybridized carbons (Fsp3) is 0.263. The number of nitrogens with zero attached hydrogens (tertiary/aromatic N) is 4. The zero-order chi connectivity index (χ0) is 20.6. The highest BCUT2D eigenvalue weighted by Gasteiger charge is 2.19. The van der Waals surface area contributed by atoms with Crippen molar-refractivity contribution in [3.05, 3.63) is 52.7 Å². The molecule has 1 amide bonds. The highest BCUT2D eigenvalue weighted by Crippen LogP contribution is 2.16. The van der Waals surface area contributed by atoms with Crippen molar-refractivity contribution in [1.82, 2.24) is 25.5 Å². The number of tetrazole rings is 1. The van der Waals surface area contributed by atoms with E-state index in [9.17, 15) is 14.4 Å². The summed E-state index contributed by atoms with van der Waals surface area (Å²) < 4.78 is 4.95. The van der Waals surface area contributed by atoms with E-state index in [4.69, 9.17) is 4.74 Å². The first-order valence-corrected chi connectivity index (χ1v) is 9.75. The van der Waals surface area contributed by atoms with Crippen LogP contribution in [0.2, 0.25) is 0 Å². The van der Waals surface area contributed by atoms with Gasteiger partial charge in [-0.2, -0.15) is 16.1 Å². The molecule has 0 saturated carbocycles. The number of aromatic nitrogens is 4. The lowest BCUT2D eigenvalue weighted by Gasteiger charge is -2.16. The second-order valence-corrected chi connectivity index (χ2v) is 7.02. The van der Waals surface area contributed by atoms with Crippen LogP contribution in [0.4, 0.5) is 0 Å². The Kier molecular flexibility index (Phi) is 6.80. The Morgan fingerprint density at radius 2 is 2.00 bits per heavy atom. The van der Waals surface area contributed by atoms with Crippen molar-refractivity contribution in [2.45, 2.75) is 25.9 Å². The summed E-state index contributed by atoms with van der Waals surface area (Å²) in [7, 11) is 0. The number of rotatable bonds is 9. The summed E-state index contributed by atoms with van der Waals surface area (Å²) in [6, 6.07) is 10.5. The SMILES string of the molecule is CC(=O)[C@@H](Cc1ccccc1)NC(=O)COC(=O)Cn1nnc(-c2ccsc2)n1. The molecule has 0 saturated heterocycles. The van der Waals surface area contributed by atoms with Gasteiger partial charge in [-0.1, -0.05) is 30.3 Å². The minimum Gasteiger partial charge on any atom is -0.454 e. The van der Waals surface area contributed by atoms with E-state index in [-0.39, 0.29) is 12.3 Å². The summed E-state index contributed by atoms with van der Waals surface area (Å²) in [4.78, 5) is 36.9. The lowest BCUT2D eigenvalue weighted by molar-refractivity contribution is -0.149. The van der Waals surface area contributed by atoms with E-state index in [1.807, 2.05) is 47.2 Å². The summed E-state index contributed by atoms with van der Waals surface area (Å²) >= 11 is 1.50. The van der Waals surface area contributed by atoms with Crippen LogP contribution in [-0.2, 0) is 32.1 Å². The summed E-state index contributed by atoms with van der Waals surface area (Å²) in [6.45, 7) is 0.634. The van der Waals surface area contributed by atoms with Crippen molar-refractivity contribution in [2.24, 2.45) is 0 Å². The predicted octanol–water partition coefficient (Wildman–Crippen LogP) is 1.26. The zero-order valence-corrected chi connectivity index (χ0v) is 16.5. The van der Waals surface area contributed by atoms with E-state index < -0.39 is 24.5 Å². The molecular weight excluding hydrogens is 394 g/mol. The van der Waals surface area contributed by atoms with Crippen molar-refractivity contribution in [3.63, 3.8) is 0 Å². The van der Waals surface area contributed by atoms with E-state index in [1.54, 1.807) is 0 Å². The van der Waals surface area contributed by atoms with E-state index in [2.05, 4.69) is 20.7 Å². The third-order valence-corrected chi connectivity index (χ3v) is 4.66. The van der Waals surface area contributed by atoms with Gasteiger partial charge < -0.3 is 10.1 Å². The molecule has 0 radical (unpaired) electrons. The van der Waals surface area contributed by atoms with Gasteiger partial charge in [-0.15, -0.1) is 10.2 Å². The van der Waals surface area contributed by atoms with Crippen molar-refractivity contribution in [3.8, 4) is 11.4 Å². The summed E-state index contributed by atoms with van der Waals surface area (Å²) in [5.41, 5.74) is 1.73. The maximum Gasteiger partial charge on any atom is 0.330 e. The third-order valence-electron chi connectivity index (χ3n) is 3.98. The van der Waals surface area contributed by atoms with Crippen LogP contribution in [0.3, 0.4) is 0 Å². The van der Waals surface area contributed by atoms with E-state index in [1.165, 1.54) is 18.3 Å². The molecule has 0 spiro atoms. The fourth-order valence-corrected chi connectivity index (χ4v) is 3.14. The van der Waals surface area contributed by atoms with Gasteiger partial charge in [0, 0.05) is 10.9 Å². The molecule has 1 N–H and O–H groups in total. The molecule has 3 aromatic rings. The van der Waals surface area contributed by atoms with Gasteiger partial charge in [0.05, 0.1) is 6.04 Å². The number of thiophene rings is 1. The Hall–Kier alpha value is -3.40. The first-order valence-electron chi connectivity index (χ1n) is 8.81. The largest absolute Gasteiger partial charge is 0.454 e. The monoisotopic (exact) mass is 413 g/mol. The Labute approximate surface area is 170 Å². The first-order chi connectivity index (χ1) is 14.0. The third kappa shape index (κ3) is 6.04. The number of carbonyl (C=O) groups excluding carboxylic acids is 3. The molecule has 29 heavy (non-hydrogen) atoms. The molecule has 150 valence electrons. The van der Waals surface area contributed by atoms with Crippen molar-refractivity contribution in [1.29, 1.82) is 0 Å². The van der Waals surface area contributed by atoms with Gasteiger partial charge in [-0.3, -0.25) is 9.59 Å². The number of amides is 1. The normalized spacial score (nSPS) is 11.6. The average Bonchev–Trinajstić information content (AvgIpc) is 3.38. The van der Waals surface area contributed by atoms with Crippen LogP contribution in [-0.4, -0.2) is 50.5 Å². The number of carbonyl (C=O) groups is 3. The number of ketones is 1. The Morgan fingerprint density at radius 1 is 1.21 bits per heavy atom. The molecule has 0 aliphatic rings. The molecule has 0 unspecified atom stereocenters. The molecule has 3 rings (SSSR count). The van der Waals surface area contributed by atoms with Gasteiger partial charge in [0.1, 0.15) is 0 Å². The van der Waals surface area contributed by atoms with Crippen LogP contribution < -0.4 is 5.32 Å². The lowest BCUT2D eigenvalue weighted by Crippen LogP contribution is -2.43. The Bertz CT molecular complexity index is 972. The van der Waals surface area contributed by atoms with Crippen LogP contribution in [0.5, 0.6) is 0 Å². The van der Waals surface area contributed by atoms with Crippen molar-refractivity contribution >= 4 is 29.0 Å². The quantitative estimate of drug-likeness (QED) is 0.525. The van der Waals surface area contributed by atoms with Gasteiger partial charge in [-0.05, 0) is 35.6 Å². The van der Waals surface area contributed by atoms with Crippen molar-refractivity contribution in [2.75, 3.05) is 6.61 Å². The van der Waals surface area contributed by atoms with Crippen LogP contribution in [0, 0.1) is 0 Å². The van der Waals surface area contributed by atoms with Crippen molar-refractivity contribution < 1.29 is 19.1 Å². The molecule has 2 aromatic heterocycles. The maximum absolute atomic E-state index is 12.1. The lowest BCUT2D eigenvalue weighted by atomic mass is 10.0. The molecule has 0 fully saturated rings. The summed E-state index contributed by atoms with van der Waals surface area (Å²) in [5, 5.41) is 18.1. The Balaban J connectivity index is 1.46. The number of ether oxygens (including phenoxy) is 1. The second-order valence-electron chi connectivity index (χ2n) is 6.24. The molecule has 0 aliphatic heterocycles. The van der Waals surface area contributed by atoms with Crippen LogP contribution in [0.1, 0.15) is 12.5 Å². The molecule has 2 heterocycles. The smallest absolute Gasteiger partial charge is 0.330 e. The standard InChI is InChI=1S/C19H19N5O4S/c1-13(25)16(9-14-5-3-2-4-6-14)20-17(26)11-28-18(27)10-24-22-19(21-23-24)15-7-8-29-12-15/h2-8,12,16H,9-11H2,1H3,(H,20,26)/t16-/m1/s1. The highest BCUT2D eigenvalue weighted by atomic mass is 32.1. The number of benzene rings is 1. The zero-order valence-electron chi connectivity index (χ0n) is 15.6. The van der Waals surface area contributed by atoms with Gasteiger partial charge in [0.2, 0.25) is 5.82 Å². The topological polar surface area (TPSA) is 116 Å². The number of hydrogen-bond donors (Lipinski definition) is 1. The van der Waals surface area contributed by atoms with Gasteiger partial charge in [0.15, 0.2) is 18.9 Å². The predicted molar refractivity (Wildman–Crippen MR) is 105 cm³/mol. The Morgan fingerprint density at radius 3 is 2.69 bits per heavy atom. The first kappa shape index (κ1) is 20.3. The summed E-state index contributed by atoms with van der Waals surface area (Å²) in [5.74, 6) is -1.01. The fourth-order valence-electron chi connectivity index (χ4n) is 2.51. The van der Waals surface area contributed by atoms with E-state index in [0.717, 1.165) is 15.9 Å². The molecule has 0 bridgehead atoms. The van der Waals surface area contributed by atoms with Crippen LogP contribution in [0.15, 0.2) is 47.2 Å². The number of esters is 1. The minimum atomic E-state index is -0.686. The molecule has 9 nitrogen and oxygen atoms in total. The van der Waals surface area contributed by atoms with Gasteiger partial charge in [0.25, 0.3) is 5.91 Å². The number of Topliss-reactive ketones (excluding diaryl/α,β-unsaturated/α-hetero) is 1. The number of hydrogen-bond acceptors (Lipinski definition) is 8.